The van der Waals surface area contributed by atoms with Crippen molar-refractivity contribution < 1.29 is 28.5 Å². The second-order valence-electron chi connectivity index (χ2n) is 4.43. The lowest BCUT2D eigenvalue weighted by Crippen LogP contribution is -2.24. The van der Waals surface area contributed by atoms with Crippen LogP contribution in [0.25, 0.3) is 0 Å². The highest BCUT2D eigenvalue weighted by Crippen LogP contribution is 1.97. The number of hydrogen-bond acceptors (Lipinski definition) is 6. The Kier molecular flexibility index (Phi) is 9.32. The second-order valence-corrected chi connectivity index (χ2v) is 4.43. The van der Waals surface area contributed by atoms with Crippen molar-refractivity contribution in [2.45, 2.75) is 27.1 Å². The molecule has 0 heterocycles. The fraction of sp³-hybridized carbons (Fsp3) is 0.571. The lowest BCUT2D eigenvalue weighted by molar-refractivity contribution is -0.176. The molecule has 114 valence electrons. The van der Waals surface area contributed by atoms with Gasteiger partial charge in [0, 0.05) is 0 Å². The molecular weight excluding hydrogens is 264 g/mol. The fourth-order valence-corrected chi connectivity index (χ4v) is 0.910. The van der Waals surface area contributed by atoms with Crippen LogP contribution in [0.2, 0.25) is 0 Å². The smallest absolute Gasteiger partial charge is 0.332 e. The zero-order chi connectivity index (χ0) is 15.5. The van der Waals surface area contributed by atoms with Crippen molar-refractivity contribution in [1.82, 2.24) is 0 Å². The molecule has 0 rings (SSSR count). The van der Waals surface area contributed by atoms with Crippen molar-refractivity contribution in [1.29, 1.82) is 0 Å². The molecule has 0 saturated carbocycles. The standard InChI is InChI=1S/C14H22O6/c1-10(2)6-19-13(15)8-17-12(5)18-9-14(16)20-7-11(3)4/h12H,1,3,6-9H2,2,4-5H3. The van der Waals surface area contributed by atoms with Crippen LogP contribution in [0.15, 0.2) is 24.3 Å². The van der Waals surface area contributed by atoms with Crippen molar-refractivity contribution >= 4 is 11.9 Å². The quantitative estimate of drug-likeness (QED) is 0.345. The highest BCUT2D eigenvalue weighted by molar-refractivity contribution is 5.71. The van der Waals surface area contributed by atoms with E-state index < -0.39 is 18.2 Å². The molecule has 6 nitrogen and oxygen atoms in total. The van der Waals surface area contributed by atoms with Gasteiger partial charge in [0.15, 0.2) is 6.29 Å². The second kappa shape index (κ2) is 10.2. The monoisotopic (exact) mass is 286 g/mol. The van der Waals surface area contributed by atoms with Gasteiger partial charge in [0.05, 0.1) is 0 Å². The SMILES string of the molecule is C=C(C)COC(=O)COC(C)OCC(=O)OCC(=C)C. The molecule has 0 radical (unpaired) electrons. The molecule has 0 aliphatic rings. The summed E-state index contributed by atoms with van der Waals surface area (Å²) >= 11 is 0. The van der Waals surface area contributed by atoms with Crippen LogP contribution in [0.1, 0.15) is 20.8 Å². The normalized spacial score (nSPS) is 10.2. The van der Waals surface area contributed by atoms with Crippen LogP contribution < -0.4 is 0 Å². The van der Waals surface area contributed by atoms with Crippen molar-refractivity contribution in [2.24, 2.45) is 0 Å². The van der Waals surface area contributed by atoms with E-state index in [1.807, 2.05) is 0 Å². The molecule has 0 unspecified atom stereocenters. The van der Waals surface area contributed by atoms with E-state index in [4.69, 9.17) is 18.9 Å². The fourth-order valence-electron chi connectivity index (χ4n) is 0.910. The van der Waals surface area contributed by atoms with Crippen LogP contribution in [0, 0.1) is 0 Å². The van der Waals surface area contributed by atoms with Crippen LogP contribution >= 0.6 is 0 Å². The van der Waals surface area contributed by atoms with E-state index in [0.29, 0.717) is 0 Å². The van der Waals surface area contributed by atoms with E-state index in [9.17, 15) is 9.59 Å². The first kappa shape index (κ1) is 18.3. The van der Waals surface area contributed by atoms with Gasteiger partial charge in [0.25, 0.3) is 0 Å². The number of carbonyl (C=O) groups is 2. The lowest BCUT2D eigenvalue weighted by atomic mass is 10.4. The maximum absolute atomic E-state index is 11.2. The summed E-state index contributed by atoms with van der Waals surface area (Å²) < 4.78 is 19.8. The van der Waals surface area contributed by atoms with Gasteiger partial charge >= 0.3 is 11.9 Å². The van der Waals surface area contributed by atoms with E-state index >= 15 is 0 Å². The molecule has 6 heteroatoms. The number of carbonyl (C=O) groups excluding carboxylic acids is 2. The lowest BCUT2D eigenvalue weighted by Gasteiger charge is -2.13. The summed E-state index contributed by atoms with van der Waals surface area (Å²) in [5, 5.41) is 0. The highest BCUT2D eigenvalue weighted by Gasteiger charge is 2.11. The zero-order valence-corrected chi connectivity index (χ0v) is 12.3. The minimum Gasteiger partial charge on any atom is -0.459 e. The summed E-state index contributed by atoms with van der Waals surface area (Å²) in [6.45, 7) is 12.1. The molecule has 0 aliphatic carbocycles. The largest absolute Gasteiger partial charge is 0.459 e. The van der Waals surface area contributed by atoms with Gasteiger partial charge < -0.3 is 18.9 Å². The van der Waals surface area contributed by atoms with Crippen molar-refractivity contribution in [3.8, 4) is 0 Å². The Morgan fingerprint density at radius 3 is 1.50 bits per heavy atom. The Hall–Kier alpha value is -1.66. The minimum absolute atomic E-state index is 0.157. The van der Waals surface area contributed by atoms with Gasteiger partial charge in [-0.3, -0.25) is 0 Å². The first-order valence-electron chi connectivity index (χ1n) is 6.14. The third kappa shape index (κ3) is 11.4. The Labute approximate surface area is 119 Å². The summed E-state index contributed by atoms with van der Waals surface area (Å²) in [5.74, 6) is -1.04. The van der Waals surface area contributed by atoms with Crippen molar-refractivity contribution in [2.75, 3.05) is 26.4 Å². The molecular formula is C14H22O6. The van der Waals surface area contributed by atoms with E-state index in [1.54, 1.807) is 20.8 Å². The Morgan fingerprint density at radius 2 is 1.20 bits per heavy atom. The number of esters is 2. The molecule has 0 atom stereocenters. The molecule has 0 amide bonds. The van der Waals surface area contributed by atoms with Crippen LogP contribution in [-0.2, 0) is 28.5 Å². The molecule has 20 heavy (non-hydrogen) atoms. The van der Waals surface area contributed by atoms with Gasteiger partial charge in [-0.05, 0) is 31.9 Å². The van der Waals surface area contributed by atoms with Gasteiger partial charge in [-0.2, -0.15) is 0 Å². The zero-order valence-electron chi connectivity index (χ0n) is 12.3. The highest BCUT2D eigenvalue weighted by atomic mass is 16.7. The topological polar surface area (TPSA) is 71.1 Å². The number of ether oxygens (including phenoxy) is 4. The van der Waals surface area contributed by atoms with E-state index in [-0.39, 0.29) is 26.4 Å². The van der Waals surface area contributed by atoms with Crippen LogP contribution in [0.4, 0.5) is 0 Å². The number of rotatable bonds is 10. The third-order valence-corrected chi connectivity index (χ3v) is 1.83. The van der Waals surface area contributed by atoms with E-state index in [1.165, 1.54) is 0 Å². The predicted octanol–water partition coefficient (Wildman–Crippen LogP) is 1.60. The molecule has 0 bridgehead atoms. The molecule has 0 fully saturated rings. The maximum atomic E-state index is 11.2. The molecule has 0 spiro atoms. The molecule has 0 aromatic heterocycles. The molecule has 0 aromatic rings. The van der Waals surface area contributed by atoms with Gasteiger partial charge in [-0.1, -0.05) is 13.2 Å². The average molecular weight is 286 g/mol. The average Bonchev–Trinajstić information content (AvgIpc) is 2.37. The minimum atomic E-state index is -0.718. The van der Waals surface area contributed by atoms with Crippen molar-refractivity contribution in [3.63, 3.8) is 0 Å². The Morgan fingerprint density at radius 1 is 0.850 bits per heavy atom. The summed E-state index contributed by atoms with van der Waals surface area (Å²) in [7, 11) is 0. The third-order valence-electron chi connectivity index (χ3n) is 1.83. The van der Waals surface area contributed by atoms with Gasteiger partial charge in [0.2, 0.25) is 0 Å². The summed E-state index contributed by atoms with van der Waals surface area (Å²) in [6.07, 6.45) is -0.718. The predicted molar refractivity (Wildman–Crippen MR) is 72.9 cm³/mol. The summed E-state index contributed by atoms with van der Waals surface area (Å²) in [4.78, 5) is 22.4. The van der Waals surface area contributed by atoms with Crippen LogP contribution in [0.3, 0.4) is 0 Å². The summed E-state index contributed by atoms with van der Waals surface area (Å²) in [5.41, 5.74) is 1.48. The van der Waals surface area contributed by atoms with E-state index in [2.05, 4.69) is 13.2 Å². The summed E-state index contributed by atoms with van der Waals surface area (Å²) in [6, 6.07) is 0. The van der Waals surface area contributed by atoms with Crippen LogP contribution in [0.5, 0.6) is 0 Å². The molecule has 0 saturated heterocycles. The first-order chi connectivity index (χ1) is 9.31. The van der Waals surface area contributed by atoms with Gasteiger partial charge in [-0.25, -0.2) is 9.59 Å². The molecule has 0 N–H and O–H groups in total. The molecule has 0 aromatic carbocycles. The first-order valence-corrected chi connectivity index (χ1v) is 6.14. The maximum Gasteiger partial charge on any atom is 0.332 e. The number of hydrogen-bond donors (Lipinski definition) is 0. The van der Waals surface area contributed by atoms with Crippen LogP contribution in [-0.4, -0.2) is 44.7 Å². The molecule has 0 aliphatic heterocycles. The Bertz CT molecular complexity index is 327. The van der Waals surface area contributed by atoms with E-state index in [0.717, 1.165) is 11.1 Å². The van der Waals surface area contributed by atoms with Gasteiger partial charge in [0.1, 0.15) is 26.4 Å². The van der Waals surface area contributed by atoms with Gasteiger partial charge in [-0.15, -0.1) is 0 Å². The Balaban J connectivity index is 3.70. The van der Waals surface area contributed by atoms with Crippen molar-refractivity contribution in [3.05, 3.63) is 24.3 Å².